The van der Waals surface area contributed by atoms with Gasteiger partial charge < -0.3 is 5.32 Å². The van der Waals surface area contributed by atoms with Crippen molar-refractivity contribution in [2.45, 2.75) is 39.7 Å². The number of nitrogens with one attached hydrogen (secondary N) is 1. The fraction of sp³-hybridized carbons (Fsp3) is 0.533. The first-order chi connectivity index (χ1) is 9.30. The zero-order valence-corrected chi connectivity index (χ0v) is 12.7. The number of carbonyl (C=O) groups is 1. The van der Waals surface area contributed by atoms with Crippen molar-refractivity contribution in [3.8, 4) is 0 Å². The van der Waals surface area contributed by atoms with Crippen LogP contribution in [0.5, 0.6) is 0 Å². The van der Waals surface area contributed by atoms with Gasteiger partial charge in [0.25, 0.3) is 0 Å². The fourth-order valence-electron chi connectivity index (χ4n) is 1.69. The Balaban J connectivity index is 2.75. The first-order valence-electron chi connectivity index (χ1n) is 6.61. The SMILES string of the molecule is CCC(Cc1ccc(F)cc1F)NC(=O)C(C)(C)CCl. The Morgan fingerprint density at radius 1 is 1.40 bits per heavy atom. The molecule has 0 aromatic heterocycles. The molecule has 1 aromatic carbocycles. The van der Waals surface area contributed by atoms with E-state index in [-0.39, 0.29) is 17.8 Å². The van der Waals surface area contributed by atoms with Gasteiger partial charge in [0.15, 0.2) is 0 Å². The summed E-state index contributed by atoms with van der Waals surface area (Å²) in [6, 6.07) is 3.28. The van der Waals surface area contributed by atoms with Gasteiger partial charge in [-0.05, 0) is 38.3 Å². The number of hydrogen-bond acceptors (Lipinski definition) is 1. The predicted octanol–water partition coefficient (Wildman–Crippen LogP) is 3.67. The lowest BCUT2D eigenvalue weighted by Gasteiger charge is -2.25. The Kier molecular flexibility index (Phi) is 5.93. The van der Waals surface area contributed by atoms with E-state index in [1.54, 1.807) is 13.8 Å². The number of benzene rings is 1. The lowest BCUT2D eigenvalue weighted by molar-refractivity contribution is -0.129. The van der Waals surface area contributed by atoms with Crippen LogP contribution in [0.2, 0.25) is 0 Å². The first kappa shape index (κ1) is 16.9. The Morgan fingerprint density at radius 3 is 2.55 bits per heavy atom. The van der Waals surface area contributed by atoms with Crippen LogP contribution in [0, 0.1) is 17.0 Å². The maximum Gasteiger partial charge on any atom is 0.227 e. The van der Waals surface area contributed by atoms with Crippen LogP contribution >= 0.6 is 11.6 Å². The van der Waals surface area contributed by atoms with Crippen molar-refractivity contribution in [3.63, 3.8) is 0 Å². The summed E-state index contributed by atoms with van der Waals surface area (Å²) >= 11 is 5.76. The molecular weight excluding hydrogens is 284 g/mol. The van der Waals surface area contributed by atoms with E-state index in [1.807, 2.05) is 6.92 Å². The van der Waals surface area contributed by atoms with E-state index < -0.39 is 17.0 Å². The molecule has 0 aliphatic carbocycles. The van der Waals surface area contributed by atoms with Crippen molar-refractivity contribution in [3.05, 3.63) is 35.4 Å². The lowest BCUT2D eigenvalue weighted by atomic mass is 9.93. The van der Waals surface area contributed by atoms with Gasteiger partial charge in [-0.2, -0.15) is 0 Å². The van der Waals surface area contributed by atoms with Gasteiger partial charge >= 0.3 is 0 Å². The topological polar surface area (TPSA) is 29.1 Å². The Labute approximate surface area is 123 Å². The highest BCUT2D eigenvalue weighted by atomic mass is 35.5. The van der Waals surface area contributed by atoms with Gasteiger partial charge in [0.1, 0.15) is 11.6 Å². The molecule has 0 saturated heterocycles. The molecule has 1 aromatic rings. The molecule has 112 valence electrons. The average molecular weight is 304 g/mol. The summed E-state index contributed by atoms with van der Waals surface area (Å²) in [6.45, 7) is 5.40. The highest BCUT2D eigenvalue weighted by Gasteiger charge is 2.28. The summed E-state index contributed by atoms with van der Waals surface area (Å²) in [4.78, 5) is 12.0. The standard InChI is InChI=1S/C15H20ClF2NO/c1-4-12(19-14(20)15(2,3)9-16)7-10-5-6-11(17)8-13(10)18/h5-6,8,12H,4,7,9H2,1-3H3,(H,19,20). The second kappa shape index (κ2) is 7.02. The van der Waals surface area contributed by atoms with Gasteiger partial charge in [-0.15, -0.1) is 11.6 Å². The second-order valence-electron chi connectivity index (χ2n) is 5.54. The largest absolute Gasteiger partial charge is 0.353 e. The minimum atomic E-state index is -0.670. The summed E-state index contributed by atoms with van der Waals surface area (Å²) < 4.78 is 26.5. The fourth-order valence-corrected chi connectivity index (χ4v) is 1.81. The molecule has 1 N–H and O–H groups in total. The molecule has 0 aliphatic rings. The van der Waals surface area contributed by atoms with Crippen LogP contribution in [-0.2, 0) is 11.2 Å². The number of alkyl halides is 1. The third-order valence-corrected chi connectivity index (χ3v) is 3.93. The van der Waals surface area contributed by atoms with Crippen LogP contribution in [-0.4, -0.2) is 17.8 Å². The van der Waals surface area contributed by atoms with Crippen molar-refractivity contribution in [2.24, 2.45) is 5.41 Å². The number of rotatable bonds is 6. The van der Waals surface area contributed by atoms with Gasteiger partial charge in [-0.1, -0.05) is 13.0 Å². The van der Waals surface area contributed by atoms with Gasteiger partial charge in [-0.3, -0.25) is 4.79 Å². The summed E-state index contributed by atoms with van der Waals surface area (Å²) in [5.74, 6) is -1.15. The summed E-state index contributed by atoms with van der Waals surface area (Å²) in [7, 11) is 0. The van der Waals surface area contributed by atoms with Crippen LogP contribution in [0.4, 0.5) is 8.78 Å². The molecule has 1 atom stereocenters. The zero-order valence-electron chi connectivity index (χ0n) is 12.0. The van der Waals surface area contributed by atoms with Crippen LogP contribution in [0.3, 0.4) is 0 Å². The predicted molar refractivity (Wildman–Crippen MR) is 76.8 cm³/mol. The molecule has 1 rings (SSSR count). The van der Waals surface area contributed by atoms with E-state index in [1.165, 1.54) is 12.1 Å². The van der Waals surface area contributed by atoms with Gasteiger partial charge in [0.05, 0.1) is 5.41 Å². The molecule has 0 fully saturated rings. The smallest absolute Gasteiger partial charge is 0.227 e. The normalized spacial score (nSPS) is 13.1. The molecule has 20 heavy (non-hydrogen) atoms. The maximum atomic E-state index is 13.6. The van der Waals surface area contributed by atoms with Gasteiger partial charge in [0.2, 0.25) is 5.91 Å². The minimum Gasteiger partial charge on any atom is -0.353 e. The zero-order chi connectivity index (χ0) is 15.3. The van der Waals surface area contributed by atoms with E-state index in [2.05, 4.69) is 5.32 Å². The highest BCUT2D eigenvalue weighted by Crippen LogP contribution is 2.19. The molecule has 0 bridgehead atoms. The third kappa shape index (κ3) is 4.44. The van der Waals surface area contributed by atoms with Crippen molar-refractivity contribution in [1.82, 2.24) is 5.32 Å². The summed E-state index contributed by atoms with van der Waals surface area (Å²) in [5, 5.41) is 2.86. The van der Waals surface area contributed by atoms with Crippen LogP contribution in [0.1, 0.15) is 32.8 Å². The molecule has 0 heterocycles. The lowest BCUT2D eigenvalue weighted by Crippen LogP contribution is -2.44. The van der Waals surface area contributed by atoms with E-state index in [4.69, 9.17) is 11.6 Å². The van der Waals surface area contributed by atoms with Crippen molar-refractivity contribution < 1.29 is 13.6 Å². The molecule has 1 unspecified atom stereocenters. The van der Waals surface area contributed by atoms with Crippen LogP contribution in [0.15, 0.2) is 18.2 Å². The van der Waals surface area contributed by atoms with E-state index >= 15 is 0 Å². The molecule has 0 aliphatic heterocycles. The summed E-state index contributed by atoms with van der Waals surface area (Å²) in [5.41, 5.74) is -0.279. The third-order valence-electron chi connectivity index (χ3n) is 3.26. The molecule has 0 spiro atoms. The van der Waals surface area contributed by atoms with Crippen LogP contribution in [0.25, 0.3) is 0 Å². The molecule has 0 radical (unpaired) electrons. The number of hydrogen-bond donors (Lipinski definition) is 1. The Hall–Kier alpha value is -1.16. The Bertz CT molecular complexity index is 477. The van der Waals surface area contributed by atoms with Crippen molar-refractivity contribution in [1.29, 1.82) is 0 Å². The molecule has 0 saturated carbocycles. The monoisotopic (exact) mass is 303 g/mol. The van der Waals surface area contributed by atoms with E-state index in [0.717, 1.165) is 6.07 Å². The first-order valence-corrected chi connectivity index (χ1v) is 7.14. The van der Waals surface area contributed by atoms with E-state index in [9.17, 15) is 13.6 Å². The maximum absolute atomic E-state index is 13.6. The van der Waals surface area contributed by atoms with Crippen LogP contribution < -0.4 is 5.32 Å². The molecular formula is C15H20ClF2NO. The quantitative estimate of drug-likeness (QED) is 0.798. The van der Waals surface area contributed by atoms with Crippen molar-refractivity contribution >= 4 is 17.5 Å². The molecule has 1 amide bonds. The average Bonchev–Trinajstić information content (AvgIpc) is 2.40. The Morgan fingerprint density at radius 2 is 2.05 bits per heavy atom. The van der Waals surface area contributed by atoms with Gasteiger partial charge in [0, 0.05) is 18.0 Å². The molecule has 2 nitrogen and oxygen atoms in total. The number of halogens is 3. The molecule has 5 heteroatoms. The van der Waals surface area contributed by atoms with Crippen molar-refractivity contribution in [2.75, 3.05) is 5.88 Å². The minimum absolute atomic E-state index is 0.165. The number of amides is 1. The van der Waals surface area contributed by atoms with E-state index in [0.29, 0.717) is 18.4 Å². The second-order valence-corrected chi connectivity index (χ2v) is 5.80. The number of carbonyl (C=O) groups excluding carboxylic acids is 1. The highest BCUT2D eigenvalue weighted by molar-refractivity contribution is 6.19. The summed E-state index contributed by atoms with van der Waals surface area (Å²) in [6.07, 6.45) is 0.980. The van der Waals surface area contributed by atoms with Gasteiger partial charge in [-0.25, -0.2) is 8.78 Å².